The topological polar surface area (TPSA) is 74.2 Å². The fourth-order valence-electron chi connectivity index (χ4n) is 2.83. The normalized spacial score (nSPS) is 15.3. The van der Waals surface area contributed by atoms with Crippen molar-refractivity contribution in [3.8, 4) is 27.0 Å². The van der Waals surface area contributed by atoms with Gasteiger partial charge in [-0.1, -0.05) is 35.5 Å². The fraction of sp³-hybridized carbons (Fsp3) is 0.333. The summed E-state index contributed by atoms with van der Waals surface area (Å²) < 4.78 is 11.3. The van der Waals surface area contributed by atoms with Gasteiger partial charge in [-0.15, -0.1) is 23.7 Å². The Balaban J connectivity index is 0.00000182. The molecule has 2 N–H and O–H groups in total. The number of halogens is 1. The van der Waals surface area contributed by atoms with Gasteiger partial charge in [-0.2, -0.15) is 4.98 Å². The van der Waals surface area contributed by atoms with E-state index in [4.69, 9.17) is 15.0 Å². The van der Waals surface area contributed by atoms with Crippen molar-refractivity contribution in [3.63, 3.8) is 0 Å². The quantitative estimate of drug-likeness (QED) is 0.702. The first-order valence-electron chi connectivity index (χ1n) is 8.15. The fourth-order valence-corrected chi connectivity index (χ4v) is 3.86. The lowest BCUT2D eigenvalue weighted by Gasteiger charge is -2.34. The van der Waals surface area contributed by atoms with Gasteiger partial charge in [-0.05, 0) is 37.8 Å². The van der Waals surface area contributed by atoms with E-state index < -0.39 is 5.54 Å². The van der Waals surface area contributed by atoms with Gasteiger partial charge in [0.15, 0.2) is 5.82 Å². The zero-order valence-corrected chi connectivity index (χ0v) is 15.5. The van der Waals surface area contributed by atoms with E-state index >= 15 is 0 Å². The third-order valence-electron chi connectivity index (χ3n) is 4.37. The van der Waals surface area contributed by atoms with Crippen LogP contribution in [0.5, 0.6) is 5.75 Å². The minimum Gasteiger partial charge on any atom is -0.492 e. The predicted octanol–water partition coefficient (Wildman–Crippen LogP) is 4.62. The van der Waals surface area contributed by atoms with Gasteiger partial charge in [-0.25, -0.2) is 0 Å². The SMILES string of the molecule is CCOc1cc(-c2ccccc2)sc1-c1nc(C2(N)CCC2)no1.Cl. The molecule has 132 valence electrons. The van der Waals surface area contributed by atoms with Crippen LogP contribution in [0.2, 0.25) is 0 Å². The lowest BCUT2D eigenvalue weighted by atomic mass is 9.77. The average molecular weight is 378 g/mol. The standard InChI is InChI=1S/C18H19N3O2S.ClH/c1-2-22-13-11-14(12-7-4-3-5-8-12)24-15(13)16-20-17(21-23-16)18(19)9-6-10-18;/h3-5,7-8,11H,2,6,9-10,19H2,1H3;1H. The summed E-state index contributed by atoms with van der Waals surface area (Å²) in [6, 6.07) is 12.2. The van der Waals surface area contributed by atoms with E-state index in [1.807, 2.05) is 31.2 Å². The molecular weight excluding hydrogens is 358 g/mol. The van der Waals surface area contributed by atoms with Crippen molar-refractivity contribution in [1.82, 2.24) is 10.1 Å². The number of rotatable bonds is 5. The second kappa shape index (κ2) is 7.15. The maximum Gasteiger partial charge on any atom is 0.271 e. The van der Waals surface area contributed by atoms with Crippen molar-refractivity contribution in [1.29, 1.82) is 0 Å². The van der Waals surface area contributed by atoms with Crippen LogP contribution in [0.1, 0.15) is 32.0 Å². The lowest BCUT2D eigenvalue weighted by Crippen LogP contribution is -2.44. The van der Waals surface area contributed by atoms with E-state index in [2.05, 4.69) is 22.3 Å². The van der Waals surface area contributed by atoms with Crippen LogP contribution in [0.4, 0.5) is 0 Å². The minimum atomic E-state index is -0.424. The second-order valence-electron chi connectivity index (χ2n) is 6.04. The van der Waals surface area contributed by atoms with Crippen molar-refractivity contribution in [2.45, 2.75) is 31.7 Å². The van der Waals surface area contributed by atoms with Crippen molar-refractivity contribution in [2.75, 3.05) is 6.61 Å². The molecule has 0 spiro atoms. The smallest absolute Gasteiger partial charge is 0.271 e. The first kappa shape index (κ1) is 17.9. The molecule has 0 atom stereocenters. The summed E-state index contributed by atoms with van der Waals surface area (Å²) in [5.74, 6) is 1.86. The van der Waals surface area contributed by atoms with Crippen molar-refractivity contribution in [3.05, 3.63) is 42.2 Å². The summed E-state index contributed by atoms with van der Waals surface area (Å²) in [7, 11) is 0. The molecule has 0 amide bonds. The molecule has 2 heterocycles. The molecule has 0 saturated heterocycles. The van der Waals surface area contributed by atoms with Gasteiger partial charge in [0.2, 0.25) is 0 Å². The number of nitrogens with zero attached hydrogens (tertiary/aromatic N) is 2. The summed E-state index contributed by atoms with van der Waals surface area (Å²) >= 11 is 1.59. The number of ether oxygens (including phenoxy) is 1. The van der Waals surface area contributed by atoms with E-state index in [1.54, 1.807) is 11.3 Å². The van der Waals surface area contributed by atoms with Crippen LogP contribution < -0.4 is 10.5 Å². The van der Waals surface area contributed by atoms with E-state index in [0.717, 1.165) is 40.3 Å². The molecule has 0 aliphatic heterocycles. The zero-order chi connectivity index (χ0) is 16.6. The summed E-state index contributed by atoms with van der Waals surface area (Å²) in [4.78, 5) is 6.52. The van der Waals surface area contributed by atoms with Gasteiger partial charge in [-0.3, -0.25) is 0 Å². The molecule has 1 aliphatic rings. The number of aromatic nitrogens is 2. The number of benzene rings is 1. The van der Waals surface area contributed by atoms with Crippen LogP contribution in [0, 0.1) is 0 Å². The van der Waals surface area contributed by atoms with Gasteiger partial charge in [0.05, 0.1) is 12.1 Å². The van der Waals surface area contributed by atoms with Gasteiger partial charge >= 0.3 is 0 Å². The minimum absolute atomic E-state index is 0. The zero-order valence-electron chi connectivity index (χ0n) is 13.9. The Kier molecular flexibility index (Phi) is 5.13. The molecule has 3 aromatic rings. The second-order valence-corrected chi connectivity index (χ2v) is 7.09. The van der Waals surface area contributed by atoms with Crippen LogP contribution >= 0.6 is 23.7 Å². The highest BCUT2D eigenvalue weighted by atomic mass is 35.5. The Bertz CT molecular complexity index is 843. The molecule has 0 radical (unpaired) electrons. The van der Waals surface area contributed by atoms with Gasteiger partial charge in [0, 0.05) is 4.88 Å². The molecule has 1 aliphatic carbocycles. The largest absolute Gasteiger partial charge is 0.492 e. The number of nitrogens with two attached hydrogens (primary N) is 1. The lowest BCUT2D eigenvalue weighted by molar-refractivity contribution is 0.229. The Morgan fingerprint density at radius 1 is 1.28 bits per heavy atom. The third-order valence-corrected chi connectivity index (χ3v) is 5.52. The van der Waals surface area contributed by atoms with E-state index in [0.29, 0.717) is 18.3 Å². The highest BCUT2D eigenvalue weighted by Crippen LogP contribution is 2.44. The van der Waals surface area contributed by atoms with E-state index in [-0.39, 0.29) is 12.4 Å². The first-order valence-corrected chi connectivity index (χ1v) is 8.97. The summed E-state index contributed by atoms with van der Waals surface area (Å²) in [6.07, 6.45) is 2.93. The Morgan fingerprint density at radius 3 is 2.68 bits per heavy atom. The van der Waals surface area contributed by atoms with Gasteiger partial charge in [0.25, 0.3) is 5.89 Å². The summed E-state index contributed by atoms with van der Waals surface area (Å²) in [6.45, 7) is 2.55. The van der Waals surface area contributed by atoms with Gasteiger partial charge < -0.3 is 15.0 Å². The first-order chi connectivity index (χ1) is 11.7. The van der Waals surface area contributed by atoms with Crippen molar-refractivity contribution < 1.29 is 9.26 Å². The molecule has 25 heavy (non-hydrogen) atoms. The van der Waals surface area contributed by atoms with Crippen LogP contribution in [0.25, 0.3) is 21.2 Å². The maximum absolute atomic E-state index is 6.30. The number of thiophene rings is 1. The molecule has 1 fully saturated rings. The molecule has 1 aromatic carbocycles. The average Bonchev–Trinajstić information content (AvgIpc) is 3.21. The van der Waals surface area contributed by atoms with Crippen LogP contribution in [-0.4, -0.2) is 16.7 Å². The molecule has 7 heteroatoms. The monoisotopic (exact) mass is 377 g/mol. The van der Waals surface area contributed by atoms with Gasteiger partial charge in [0.1, 0.15) is 10.6 Å². The van der Waals surface area contributed by atoms with Crippen LogP contribution in [0.3, 0.4) is 0 Å². The number of hydrogen-bond donors (Lipinski definition) is 1. The summed E-state index contributed by atoms with van der Waals surface area (Å²) in [5.41, 5.74) is 7.01. The molecule has 0 unspecified atom stereocenters. The van der Waals surface area contributed by atoms with E-state index in [1.165, 1.54) is 0 Å². The Hall–Kier alpha value is -1.89. The third kappa shape index (κ3) is 3.29. The molecular formula is C18H20ClN3O2S. The van der Waals surface area contributed by atoms with E-state index in [9.17, 15) is 0 Å². The predicted molar refractivity (Wildman–Crippen MR) is 101 cm³/mol. The van der Waals surface area contributed by atoms with Crippen molar-refractivity contribution in [2.24, 2.45) is 5.73 Å². The molecule has 2 aromatic heterocycles. The van der Waals surface area contributed by atoms with Crippen LogP contribution in [0.15, 0.2) is 40.9 Å². The molecule has 5 nitrogen and oxygen atoms in total. The molecule has 0 bridgehead atoms. The Morgan fingerprint density at radius 2 is 2.04 bits per heavy atom. The maximum atomic E-state index is 6.30. The summed E-state index contributed by atoms with van der Waals surface area (Å²) in [5, 5.41) is 4.11. The highest BCUT2D eigenvalue weighted by molar-refractivity contribution is 7.19. The number of hydrogen-bond acceptors (Lipinski definition) is 6. The van der Waals surface area contributed by atoms with Crippen molar-refractivity contribution >= 4 is 23.7 Å². The van der Waals surface area contributed by atoms with Crippen LogP contribution in [-0.2, 0) is 5.54 Å². The molecule has 4 rings (SSSR count). The molecule has 1 saturated carbocycles. The highest BCUT2D eigenvalue weighted by Gasteiger charge is 2.39. The Labute approximate surface area is 156 Å².